The van der Waals surface area contributed by atoms with Crippen LogP contribution in [0.2, 0.25) is 5.02 Å². The van der Waals surface area contributed by atoms with Crippen molar-refractivity contribution in [2.75, 3.05) is 44.3 Å². The molecule has 3 aromatic rings. The van der Waals surface area contributed by atoms with Crippen molar-refractivity contribution >= 4 is 34.6 Å². The van der Waals surface area contributed by atoms with Crippen LogP contribution in [0.3, 0.4) is 0 Å². The molecule has 36 heavy (non-hydrogen) atoms. The number of anilines is 2. The predicted octanol–water partition coefficient (Wildman–Crippen LogP) is 5.44. The fourth-order valence-electron chi connectivity index (χ4n) is 4.08. The van der Waals surface area contributed by atoms with Gasteiger partial charge in [-0.15, -0.1) is 0 Å². The second-order valence-electron chi connectivity index (χ2n) is 8.98. The molecule has 8 heteroatoms. The molecule has 0 unspecified atom stereocenters. The maximum atomic E-state index is 9.83. The molecule has 0 bridgehead atoms. The summed E-state index contributed by atoms with van der Waals surface area (Å²) in [5, 5.41) is 13.5. The first-order chi connectivity index (χ1) is 17.2. The van der Waals surface area contributed by atoms with Gasteiger partial charge >= 0.3 is 0 Å². The SMILES string of the molecule is CCN(CC)CCN(C)Cc1ccc(NC(N)=Nc2c(C)cc(-c3cc(O)ccc3Cl)cc2N)cc1. The molecule has 0 fully saturated rings. The average molecular weight is 509 g/mol. The number of halogens is 1. The Balaban J connectivity index is 1.66. The summed E-state index contributed by atoms with van der Waals surface area (Å²) in [6, 6.07) is 16.7. The van der Waals surface area contributed by atoms with E-state index in [4.69, 9.17) is 23.1 Å². The Bertz CT molecular complexity index is 1170. The van der Waals surface area contributed by atoms with Gasteiger partial charge in [-0.25, -0.2) is 4.99 Å². The number of phenolic OH excluding ortho intramolecular Hbond substituents is 1. The van der Waals surface area contributed by atoms with E-state index in [1.165, 1.54) is 5.56 Å². The number of hydrogen-bond acceptors (Lipinski definition) is 5. The molecule has 0 aromatic heterocycles. The second kappa shape index (κ2) is 12.6. The fourth-order valence-corrected chi connectivity index (χ4v) is 4.31. The third-order valence-electron chi connectivity index (χ3n) is 6.19. The number of phenols is 1. The Labute approximate surface area is 219 Å². The van der Waals surface area contributed by atoms with Gasteiger partial charge in [-0.05, 0) is 86.2 Å². The zero-order chi connectivity index (χ0) is 26.2. The van der Waals surface area contributed by atoms with E-state index in [2.05, 4.69) is 53.1 Å². The molecule has 3 rings (SSSR count). The van der Waals surface area contributed by atoms with Crippen LogP contribution >= 0.6 is 11.6 Å². The first-order valence-corrected chi connectivity index (χ1v) is 12.6. The first-order valence-electron chi connectivity index (χ1n) is 12.2. The van der Waals surface area contributed by atoms with Crippen molar-refractivity contribution in [1.29, 1.82) is 0 Å². The molecule has 0 radical (unpaired) electrons. The maximum Gasteiger partial charge on any atom is 0.198 e. The number of nitrogen functional groups attached to an aromatic ring is 1. The van der Waals surface area contributed by atoms with Gasteiger partial charge in [0.05, 0.1) is 11.4 Å². The van der Waals surface area contributed by atoms with E-state index in [1.54, 1.807) is 24.3 Å². The van der Waals surface area contributed by atoms with Crippen LogP contribution < -0.4 is 16.8 Å². The van der Waals surface area contributed by atoms with Gasteiger partial charge in [0.15, 0.2) is 5.96 Å². The standard InChI is InChI=1S/C28H37ClN6O/c1-5-35(6-2)14-13-34(4)18-20-7-9-22(10-8-20)32-28(31)33-27-19(3)15-21(16-26(27)30)24-17-23(36)11-12-25(24)29/h7-12,15-17,36H,5-6,13-14,18,30H2,1-4H3,(H3,31,32,33). The van der Waals surface area contributed by atoms with Gasteiger partial charge in [-0.1, -0.05) is 37.6 Å². The summed E-state index contributed by atoms with van der Waals surface area (Å²) in [6.07, 6.45) is 0. The van der Waals surface area contributed by atoms with E-state index in [9.17, 15) is 5.11 Å². The number of aromatic hydroxyl groups is 1. The number of nitrogens with zero attached hydrogens (tertiary/aromatic N) is 3. The van der Waals surface area contributed by atoms with Crippen LogP contribution in [0.4, 0.5) is 17.1 Å². The molecule has 0 saturated carbocycles. The lowest BCUT2D eigenvalue weighted by Gasteiger charge is -2.23. The quantitative estimate of drug-likeness (QED) is 0.165. The Kier molecular flexibility index (Phi) is 9.58. The van der Waals surface area contributed by atoms with Crippen molar-refractivity contribution in [2.45, 2.75) is 27.3 Å². The molecule has 6 N–H and O–H groups in total. The molecule has 192 valence electrons. The summed E-state index contributed by atoms with van der Waals surface area (Å²) in [6.45, 7) is 11.4. The number of rotatable bonds is 10. The van der Waals surface area contributed by atoms with Crippen LogP contribution in [0.5, 0.6) is 5.75 Å². The largest absolute Gasteiger partial charge is 0.508 e. The molecule has 0 aliphatic carbocycles. The third kappa shape index (κ3) is 7.37. The fraction of sp³-hybridized carbons (Fsp3) is 0.321. The monoisotopic (exact) mass is 508 g/mol. The molecule has 0 aliphatic rings. The number of nitrogens with two attached hydrogens (primary N) is 2. The maximum absolute atomic E-state index is 9.83. The number of benzene rings is 3. The van der Waals surface area contributed by atoms with Crippen molar-refractivity contribution < 1.29 is 5.11 Å². The van der Waals surface area contributed by atoms with Crippen LogP contribution in [0.15, 0.2) is 59.6 Å². The highest BCUT2D eigenvalue weighted by Crippen LogP contribution is 2.37. The number of guanidine groups is 1. The Morgan fingerprint density at radius 1 is 1.03 bits per heavy atom. The number of aliphatic imine (C=N–C) groups is 1. The average Bonchev–Trinajstić information content (AvgIpc) is 2.84. The van der Waals surface area contributed by atoms with Crippen molar-refractivity contribution in [2.24, 2.45) is 10.7 Å². The highest BCUT2D eigenvalue weighted by Gasteiger charge is 2.11. The highest BCUT2D eigenvalue weighted by atomic mass is 35.5. The summed E-state index contributed by atoms with van der Waals surface area (Å²) in [5.41, 5.74) is 18.0. The van der Waals surface area contributed by atoms with E-state index in [0.717, 1.165) is 49.5 Å². The van der Waals surface area contributed by atoms with Crippen LogP contribution in [0.1, 0.15) is 25.0 Å². The zero-order valence-electron chi connectivity index (χ0n) is 21.6. The molecular weight excluding hydrogens is 472 g/mol. The lowest BCUT2D eigenvalue weighted by atomic mass is 10.0. The van der Waals surface area contributed by atoms with Crippen LogP contribution in [-0.2, 0) is 6.54 Å². The summed E-state index contributed by atoms with van der Waals surface area (Å²) < 4.78 is 0. The minimum absolute atomic E-state index is 0.137. The molecule has 3 aromatic carbocycles. The van der Waals surface area contributed by atoms with Crippen molar-refractivity contribution in [3.63, 3.8) is 0 Å². The van der Waals surface area contributed by atoms with E-state index in [0.29, 0.717) is 22.0 Å². The van der Waals surface area contributed by atoms with E-state index >= 15 is 0 Å². The predicted molar refractivity (Wildman–Crippen MR) is 153 cm³/mol. The van der Waals surface area contributed by atoms with Crippen molar-refractivity contribution in [3.8, 4) is 16.9 Å². The summed E-state index contributed by atoms with van der Waals surface area (Å²) in [4.78, 5) is 9.27. The smallest absolute Gasteiger partial charge is 0.198 e. The topological polar surface area (TPSA) is 103 Å². The minimum Gasteiger partial charge on any atom is -0.508 e. The lowest BCUT2D eigenvalue weighted by molar-refractivity contribution is 0.236. The van der Waals surface area contributed by atoms with Crippen molar-refractivity contribution in [3.05, 3.63) is 70.7 Å². The van der Waals surface area contributed by atoms with E-state index in [-0.39, 0.29) is 11.7 Å². The second-order valence-corrected chi connectivity index (χ2v) is 9.39. The Hall–Kier alpha value is -3.26. The molecule has 0 spiro atoms. The van der Waals surface area contributed by atoms with Gasteiger partial charge in [0.1, 0.15) is 5.75 Å². The van der Waals surface area contributed by atoms with Crippen LogP contribution in [0, 0.1) is 6.92 Å². The van der Waals surface area contributed by atoms with Gasteiger partial charge in [-0.3, -0.25) is 0 Å². The molecule has 0 heterocycles. The van der Waals surface area contributed by atoms with Gasteiger partial charge in [0.2, 0.25) is 0 Å². The molecule has 0 aliphatic heterocycles. The van der Waals surface area contributed by atoms with Gasteiger partial charge < -0.3 is 31.7 Å². The number of aryl methyl sites for hydroxylation is 1. The summed E-state index contributed by atoms with van der Waals surface area (Å²) in [5.74, 6) is 0.385. The Morgan fingerprint density at radius 3 is 2.36 bits per heavy atom. The third-order valence-corrected chi connectivity index (χ3v) is 6.52. The lowest BCUT2D eigenvalue weighted by Crippen LogP contribution is -2.32. The van der Waals surface area contributed by atoms with Crippen molar-refractivity contribution in [1.82, 2.24) is 9.80 Å². The van der Waals surface area contributed by atoms with E-state index < -0.39 is 0 Å². The van der Waals surface area contributed by atoms with Crippen LogP contribution in [-0.4, -0.2) is 54.1 Å². The number of nitrogens with one attached hydrogen (secondary N) is 1. The molecule has 0 saturated heterocycles. The zero-order valence-corrected chi connectivity index (χ0v) is 22.3. The number of hydrogen-bond donors (Lipinski definition) is 4. The van der Waals surface area contributed by atoms with Crippen LogP contribution in [0.25, 0.3) is 11.1 Å². The Morgan fingerprint density at radius 2 is 1.72 bits per heavy atom. The van der Waals surface area contributed by atoms with E-state index in [1.807, 2.05) is 25.1 Å². The molecule has 7 nitrogen and oxygen atoms in total. The van der Waals surface area contributed by atoms with Gasteiger partial charge in [-0.2, -0.15) is 0 Å². The minimum atomic E-state index is 0.137. The highest BCUT2D eigenvalue weighted by molar-refractivity contribution is 6.33. The van der Waals surface area contributed by atoms with Gasteiger partial charge in [0, 0.05) is 35.9 Å². The summed E-state index contributed by atoms with van der Waals surface area (Å²) in [7, 11) is 2.15. The first kappa shape index (κ1) is 27.3. The molecule has 0 amide bonds. The molecule has 0 atom stereocenters. The number of likely N-dealkylation sites (N-methyl/N-ethyl adjacent to an activating group) is 2. The molecular formula is C28H37ClN6O. The van der Waals surface area contributed by atoms with Gasteiger partial charge in [0.25, 0.3) is 0 Å². The normalized spacial score (nSPS) is 11.9. The summed E-state index contributed by atoms with van der Waals surface area (Å²) >= 11 is 6.31.